The van der Waals surface area contributed by atoms with Crippen molar-refractivity contribution in [1.29, 1.82) is 0 Å². The van der Waals surface area contributed by atoms with E-state index in [4.69, 9.17) is 0 Å². The summed E-state index contributed by atoms with van der Waals surface area (Å²) in [7, 11) is -0.746. The molecule has 0 amide bonds. The van der Waals surface area contributed by atoms with Crippen LogP contribution in [-0.2, 0) is 36.0 Å². The summed E-state index contributed by atoms with van der Waals surface area (Å²) in [6.07, 6.45) is 0.241. The molecule has 0 aliphatic rings. The van der Waals surface area contributed by atoms with Gasteiger partial charge in [0.05, 0.1) is 4.90 Å². The molecule has 0 atom stereocenters. The SMILES string of the molecule is Cn1c(=O)c2[nH]c(CCNS(=O)(=O)c3ccc(C(C)(C)C)cc3)nc2n(C)c1=O. The van der Waals surface area contributed by atoms with E-state index in [1.165, 1.54) is 18.7 Å². The number of aryl methyl sites for hydroxylation is 1. The Hall–Kier alpha value is -2.72. The van der Waals surface area contributed by atoms with Crippen molar-refractivity contribution >= 4 is 21.2 Å². The van der Waals surface area contributed by atoms with Crippen LogP contribution in [0.2, 0.25) is 0 Å². The maximum absolute atomic E-state index is 12.5. The number of imidazole rings is 1. The van der Waals surface area contributed by atoms with Crippen LogP contribution in [0.3, 0.4) is 0 Å². The smallest absolute Gasteiger partial charge is 0.332 e. The van der Waals surface area contributed by atoms with Crippen LogP contribution in [0.15, 0.2) is 38.8 Å². The fourth-order valence-corrected chi connectivity index (χ4v) is 4.05. The number of aromatic amines is 1. The van der Waals surface area contributed by atoms with E-state index < -0.39 is 21.3 Å². The van der Waals surface area contributed by atoms with Crippen LogP contribution in [0.25, 0.3) is 11.2 Å². The Labute approximate surface area is 168 Å². The molecule has 0 radical (unpaired) electrons. The molecule has 9 nitrogen and oxygen atoms in total. The number of nitrogens with one attached hydrogen (secondary N) is 2. The zero-order valence-corrected chi connectivity index (χ0v) is 17.9. The molecular weight excluding hydrogens is 394 g/mol. The van der Waals surface area contributed by atoms with Gasteiger partial charge < -0.3 is 4.98 Å². The molecule has 3 rings (SSSR count). The lowest BCUT2D eigenvalue weighted by atomic mass is 9.87. The van der Waals surface area contributed by atoms with Gasteiger partial charge in [-0.15, -0.1) is 0 Å². The molecule has 0 bridgehead atoms. The van der Waals surface area contributed by atoms with Crippen molar-refractivity contribution in [3.63, 3.8) is 0 Å². The second-order valence-corrected chi connectivity index (χ2v) is 9.78. The van der Waals surface area contributed by atoms with E-state index in [-0.39, 0.29) is 34.4 Å². The summed E-state index contributed by atoms with van der Waals surface area (Å²) in [5.41, 5.74) is 0.500. The number of aromatic nitrogens is 4. The number of benzene rings is 1. The molecule has 0 saturated heterocycles. The standard InChI is InChI=1S/C19H25N5O4S/c1-19(2,3)12-6-8-13(9-7-12)29(27,28)20-11-10-14-21-15-16(22-14)23(4)18(26)24(5)17(15)25/h6-9,20H,10-11H2,1-5H3,(H,21,22). The third-order valence-corrected chi connectivity index (χ3v) is 6.31. The third kappa shape index (κ3) is 4.03. The number of hydrogen-bond acceptors (Lipinski definition) is 5. The molecule has 0 fully saturated rings. The van der Waals surface area contributed by atoms with E-state index >= 15 is 0 Å². The van der Waals surface area contributed by atoms with E-state index in [9.17, 15) is 18.0 Å². The number of rotatable bonds is 5. The first-order valence-corrected chi connectivity index (χ1v) is 10.6. The van der Waals surface area contributed by atoms with Crippen molar-refractivity contribution in [3.05, 3.63) is 56.5 Å². The van der Waals surface area contributed by atoms with Crippen LogP contribution >= 0.6 is 0 Å². The van der Waals surface area contributed by atoms with Crippen molar-refractivity contribution in [1.82, 2.24) is 23.8 Å². The molecule has 29 heavy (non-hydrogen) atoms. The van der Waals surface area contributed by atoms with Gasteiger partial charge in [0.2, 0.25) is 10.0 Å². The zero-order valence-electron chi connectivity index (χ0n) is 17.1. The van der Waals surface area contributed by atoms with Gasteiger partial charge in [0, 0.05) is 27.1 Å². The monoisotopic (exact) mass is 419 g/mol. The van der Waals surface area contributed by atoms with Gasteiger partial charge in [-0.05, 0) is 23.1 Å². The maximum Gasteiger partial charge on any atom is 0.332 e. The number of H-pyrrole nitrogens is 1. The van der Waals surface area contributed by atoms with Gasteiger partial charge >= 0.3 is 5.69 Å². The Balaban J connectivity index is 1.75. The second kappa shape index (κ2) is 7.27. The molecule has 156 valence electrons. The highest BCUT2D eigenvalue weighted by atomic mass is 32.2. The lowest BCUT2D eigenvalue weighted by Gasteiger charge is -2.19. The normalized spacial score (nSPS) is 12.6. The predicted octanol–water partition coefficient (Wildman–Crippen LogP) is 0.779. The number of fused-ring (bicyclic) bond motifs is 1. The average Bonchev–Trinajstić information content (AvgIpc) is 3.08. The van der Waals surface area contributed by atoms with E-state index in [1.54, 1.807) is 12.1 Å². The highest BCUT2D eigenvalue weighted by Gasteiger charge is 2.18. The van der Waals surface area contributed by atoms with Crippen LogP contribution in [0.1, 0.15) is 32.2 Å². The van der Waals surface area contributed by atoms with Gasteiger partial charge in [0.25, 0.3) is 5.56 Å². The minimum Gasteiger partial charge on any atom is -0.336 e. The first-order valence-electron chi connectivity index (χ1n) is 9.16. The number of hydrogen-bond donors (Lipinski definition) is 2. The van der Waals surface area contributed by atoms with Gasteiger partial charge in [-0.25, -0.2) is 22.9 Å². The lowest BCUT2D eigenvalue weighted by molar-refractivity contribution is 0.578. The summed E-state index contributed by atoms with van der Waals surface area (Å²) in [4.78, 5) is 31.5. The summed E-state index contributed by atoms with van der Waals surface area (Å²) in [6.45, 7) is 6.28. The minimum absolute atomic E-state index is 0.0613. The number of sulfonamides is 1. The molecule has 1 aromatic carbocycles. The molecule has 0 aliphatic carbocycles. The van der Waals surface area contributed by atoms with Gasteiger partial charge in [0.1, 0.15) is 11.3 Å². The third-order valence-electron chi connectivity index (χ3n) is 4.83. The van der Waals surface area contributed by atoms with Gasteiger partial charge in [0.15, 0.2) is 5.65 Å². The Bertz CT molecular complexity index is 1280. The summed E-state index contributed by atoms with van der Waals surface area (Å²) in [5.74, 6) is 0.420. The molecule has 0 aliphatic heterocycles. The summed E-state index contributed by atoms with van der Waals surface area (Å²) in [6, 6.07) is 6.79. The van der Waals surface area contributed by atoms with E-state index in [0.29, 0.717) is 5.82 Å². The van der Waals surface area contributed by atoms with Crippen LogP contribution < -0.4 is 16.0 Å². The molecule has 0 unspecified atom stereocenters. The number of nitrogens with zero attached hydrogens (tertiary/aromatic N) is 3. The molecule has 2 aromatic heterocycles. The molecule has 3 aromatic rings. The minimum atomic E-state index is -3.67. The van der Waals surface area contributed by atoms with Gasteiger partial charge in [-0.1, -0.05) is 32.9 Å². The van der Waals surface area contributed by atoms with Crippen LogP contribution in [0.5, 0.6) is 0 Å². The van der Waals surface area contributed by atoms with Gasteiger partial charge in [-0.2, -0.15) is 0 Å². The molecule has 2 heterocycles. The Morgan fingerprint density at radius 3 is 2.28 bits per heavy atom. The Morgan fingerprint density at radius 1 is 1.07 bits per heavy atom. The molecular formula is C19H25N5O4S. The van der Waals surface area contributed by atoms with Crippen molar-refractivity contribution in [3.8, 4) is 0 Å². The predicted molar refractivity (Wildman–Crippen MR) is 111 cm³/mol. The maximum atomic E-state index is 12.5. The van der Waals surface area contributed by atoms with Crippen LogP contribution in [0, 0.1) is 0 Å². The first-order chi connectivity index (χ1) is 13.4. The summed E-state index contributed by atoms with van der Waals surface area (Å²) < 4.78 is 29.8. The molecule has 0 spiro atoms. The lowest BCUT2D eigenvalue weighted by Crippen LogP contribution is -2.36. The quantitative estimate of drug-likeness (QED) is 0.633. The highest BCUT2D eigenvalue weighted by molar-refractivity contribution is 7.89. The second-order valence-electron chi connectivity index (χ2n) is 8.01. The molecule has 2 N–H and O–H groups in total. The topological polar surface area (TPSA) is 119 Å². The zero-order chi connectivity index (χ0) is 21.6. The summed E-state index contributed by atoms with van der Waals surface area (Å²) >= 11 is 0. The van der Waals surface area contributed by atoms with Crippen LogP contribution in [-0.4, -0.2) is 34.1 Å². The van der Waals surface area contributed by atoms with E-state index in [0.717, 1.165) is 10.1 Å². The fraction of sp³-hybridized carbons (Fsp3) is 0.421. The van der Waals surface area contributed by atoms with E-state index in [1.807, 2.05) is 12.1 Å². The van der Waals surface area contributed by atoms with Crippen molar-refractivity contribution in [2.24, 2.45) is 14.1 Å². The average molecular weight is 420 g/mol. The molecule has 10 heteroatoms. The van der Waals surface area contributed by atoms with Gasteiger partial charge in [-0.3, -0.25) is 13.9 Å². The largest absolute Gasteiger partial charge is 0.336 e. The van der Waals surface area contributed by atoms with Crippen molar-refractivity contribution in [2.75, 3.05) is 6.54 Å². The summed E-state index contributed by atoms with van der Waals surface area (Å²) in [5, 5.41) is 0. The Morgan fingerprint density at radius 2 is 1.69 bits per heavy atom. The highest BCUT2D eigenvalue weighted by Crippen LogP contribution is 2.23. The Kier molecular flexibility index (Phi) is 5.26. The van der Waals surface area contributed by atoms with Crippen LogP contribution in [0.4, 0.5) is 0 Å². The first kappa shape index (κ1) is 21.0. The van der Waals surface area contributed by atoms with Crippen molar-refractivity contribution in [2.45, 2.75) is 37.5 Å². The fourth-order valence-electron chi connectivity index (χ4n) is 3.01. The van der Waals surface area contributed by atoms with E-state index in [2.05, 4.69) is 35.5 Å². The van der Waals surface area contributed by atoms with Crippen molar-refractivity contribution < 1.29 is 8.42 Å². The molecule has 0 saturated carbocycles.